The Morgan fingerprint density at radius 2 is 2.02 bits per heavy atom. The molecule has 3 fully saturated rings. The molecule has 44 heavy (non-hydrogen) atoms. The van der Waals surface area contributed by atoms with Crippen LogP contribution >= 0.6 is 38.5 Å². The Kier molecular flexibility index (Phi) is 7.27. The van der Waals surface area contributed by atoms with E-state index in [2.05, 4.69) is 59.7 Å². The number of anilines is 1. The molecule has 1 saturated carbocycles. The molecule has 7 rings (SSSR count). The average Bonchev–Trinajstić information content (AvgIpc) is 3.50. The van der Waals surface area contributed by atoms with Gasteiger partial charge in [0.25, 0.3) is 11.1 Å². The van der Waals surface area contributed by atoms with Crippen molar-refractivity contribution in [2.75, 3.05) is 12.3 Å². The fourth-order valence-corrected chi connectivity index (χ4v) is 8.42. The van der Waals surface area contributed by atoms with E-state index >= 15 is 4.39 Å². The second-order valence-electron chi connectivity index (χ2n) is 9.99. The minimum atomic E-state index is -4.43. The van der Waals surface area contributed by atoms with Crippen molar-refractivity contribution in [2.45, 2.75) is 55.1 Å². The Hall–Kier alpha value is -2.72. The Morgan fingerprint density at radius 3 is 2.77 bits per heavy atom. The van der Waals surface area contributed by atoms with Crippen molar-refractivity contribution in [1.29, 1.82) is 0 Å². The molecule has 20 nitrogen and oxygen atoms in total. The van der Waals surface area contributed by atoms with Gasteiger partial charge in [-0.1, -0.05) is 29.7 Å². The van der Waals surface area contributed by atoms with Gasteiger partial charge in [-0.15, -0.1) is 5.10 Å². The SMILES string of the molecule is Nc1nc2c(ncn2[C@@H]2O[C@H](CO)C[C@H]2OP(=O)(S)OC2[C@H]3O[C@@H](n4nnc5c(=O)[nH]cnc54)[C@@H](F)[C@@]23O[PH](=O)S)c(=O)[nH]1. The standard InChI is InChI=1S/C19H21FN10O10P2S2/c20-9-17(30-12-8(27-28-30)14(32)23-3-22-12)37-10-11(19(9,10)40-41(34)43)39-42(35,44)38-6-1-5(2-31)36-16(6)29-4-24-7-13(29)25-18(21)26-15(7)33/h3-6,9-11,16-17,31,41H,1-2H2,(H,34,43)(H,35,44)(H,22,23,32)(H3,21,25,26,33)/t5-,6+,9+,10+,11?,16+,17+,19-,42?/m0/s1. The quantitative estimate of drug-likeness (QED) is 0.0965. The number of ether oxygens (including phenoxy) is 2. The van der Waals surface area contributed by atoms with Crippen LogP contribution < -0.4 is 16.9 Å². The Labute approximate surface area is 253 Å². The number of alkyl halides is 1. The number of rotatable bonds is 9. The van der Waals surface area contributed by atoms with Crippen LogP contribution in [0.2, 0.25) is 0 Å². The highest BCUT2D eigenvalue weighted by atomic mass is 32.7. The van der Waals surface area contributed by atoms with E-state index in [1.165, 1.54) is 10.9 Å². The Bertz CT molecular complexity index is 1980. The van der Waals surface area contributed by atoms with E-state index in [4.69, 9.17) is 28.8 Å². The molecule has 2 aliphatic heterocycles. The Morgan fingerprint density at radius 1 is 1.23 bits per heavy atom. The van der Waals surface area contributed by atoms with Crippen LogP contribution in [0.4, 0.5) is 10.3 Å². The van der Waals surface area contributed by atoms with Crippen LogP contribution in [0.15, 0.2) is 22.2 Å². The zero-order valence-electron chi connectivity index (χ0n) is 21.7. The molecule has 1 aliphatic carbocycles. The first-order valence-electron chi connectivity index (χ1n) is 12.6. The molecule has 236 valence electrons. The maximum atomic E-state index is 16.1. The molecule has 2 saturated heterocycles. The molecule has 0 amide bonds. The molecule has 0 spiro atoms. The number of nitrogens with zero attached hydrogens (tertiary/aromatic N) is 7. The van der Waals surface area contributed by atoms with Crippen LogP contribution in [0.25, 0.3) is 22.3 Å². The van der Waals surface area contributed by atoms with E-state index in [1.807, 2.05) is 0 Å². The topological polar surface area (TPSA) is 267 Å². The number of nitrogens with two attached hydrogens (primary N) is 1. The predicted octanol–water partition coefficient (Wildman–Crippen LogP) is -0.358. The van der Waals surface area contributed by atoms with Crippen molar-refractivity contribution in [3.05, 3.63) is 33.4 Å². The summed E-state index contributed by atoms with van der Waals surface area (Å²) in [4.78, 5) is 40.9. The van der Waals surface area contributed by atoms with Gasteiger partial charge in [0.2, 0.25) is 13.2 Å². The maximum absolute atomic E-state index is 16.1. The lowest BCUT2D eigenvalue weighted by atomic mass is 10.2. The van der Waals surface area contributed by atoms with Crippen molar-refractivity contribution >= 4 is 66.8 Å². The van der Waals surface area contributed by atoms with Crippen molar-refractivity contribution in [3.63, 3.8) is 0 Å². The molecule has 6 heterocycles. The highest BCUT2D eigenvalue weighted by molar-refractivity contribution is 8.44. The molecular weight excluding hydrogens is 673 g/mol. The molecule has 0 bridgehead atoms. The van der Waals surface area contributed by atoms with E-state index < -0.39 is 80.4 Å². The van der Waals surface area contributed by atoms with Crippen LogP contribution in [-0.2, 0) is 32.2 Å². The van der Waals surface area contributed by atoms with Gasteiger partial charge < -0.3 is 29.8 Å². The van der Waals surface area contributed by atoms with Crippen LogP contribution in [0.5, 0.6) is 0 Å². The van der Waals surface area contributed by atoms with Crippen molar-refractivity contribution in [2.24, 2.45) is 0 Å². The van der Waals surface area contributed by atoms with E-state index in [1.54, 1.807) is 0 Å². The second-order valence-corrected chi connectivity index (χ2v) is 14.6. The average molecular weight is 695 g/mol. The van der Waals surface area contributed by atoms with Gasteiger partial charge in [-0.25, -0.2) is 18.9 Å². The summed E-state index contributed by atoms with van der Waals surface area (Å²) in [6.45, 7) is -4.87. The van der Waals surface area contributed by atoms with Gasteiger partial charge in [-0.3, -0.25) is 32.8 Å². The molecule has 4 aromatic heterocycles. The molecule has 25 heteroatoms. The largest absolute Gasteiger partial charge is 0.394 e. The molecule has 3 aliphatic rings. The van der Waals surface area contributed by atoms with Gasteiger partial charge in [-0.05, 0) is 0 Å². The van der Waals surface area contributed by atoms with E-state index in [9.17, 15) is 23.8 Å². The van der Waals surface area contributed by atoms with E-state index in [0.29, 0.717) is 0 Å². The number of aromatic amines is 2. The van der Waals surface area contributed by atoms with E-state index in [-0.39, 0.29) is 34.7 Å². The first-order chi connectivity index (χ1) is 20.9. The number of nitrogen functional groups attached to an aromatic ring is 1. The van der Waals surface area contributed by atoms with Gasteiger partial charge in [-0.2, -0.15) is 9.67 Å². The smallest absolute Gasteiger partial charge is 0.387 e. The third-order valence-corrected chi connectivity index (χ3v) is 9.78. The number of halogens is 1. The number of aliphatic hydroxyl groups is 1. The number of fused-ring (bicyclic) bond motifs is 3. The molecule has 5 N–H and O–H groups in total. The number of nitrogens with one attached hydrogen (secondary N) is 2. The lowest BCUT2D eigenvalue weighted by molar-refractivity contribution is -0.0631. The highest BCUT2D eigenvalue weighted by Gasteiger charge is 2.82. The Balaban J connectivity index is 1.13. The van der Waals surface area contributed by atoms with Crippen LogP contribution in [-0.4, -0.2) is 92.4 Å². The number of aromatic nitrogens is 9. The number of thiol groups is 2. The summed E-state index contributed by atoms with van der Waals surface area (Å²) in [6.07, 6.45) is -7.15. The molecule has 10 atom stereocenters. The monoisotopic (exact) mass is 694 g/mol. The summed E-state index contributed by atoms with van der Waals surface area (Å²) in [5.41, 5.74) is 2.08. The summed E-state index contributed by atoms with van der Waals surface area (Å²) >= 11 is 7.84. The van der Waals surface area contributed by atoms with Crippen LogP contribution in [0.1, 0.15) is 18.9 Å². The van der Waals surface area contributed by atoms with E-state index in [0.717, 1.165) is 11.0 Å². The van der Waals surface area contributed by atoms with Crippen molar-refractivity contribution < 1.29 is 41.7 Å². The summed E-state index contributed by atoms with van der Waals surface area (Å²) in [5.74, 6) is -0.198. The van der Waals surface area contributed by atoms with Crippen LogP contribution in [0, 0.1) is 0 Å². The van der Waals surface area contributed by atoms with Crippen molar-refractivity contribution in [1.82, 2.24) is 44.5 Å². The minimum Gasteiger partial charge on any atom is -0.394 e. The first-order valence-corrected chi connectivity index (χ1v) is 17.9. The molecule has 4 aromatic rings. The fraction of sp³-hybridized carbons (Fsp3) is 0.526. The van der Waals surface area contributed by atoms with Gasteiger partial charge in [0.1, 0.15) is 18.3 Å². The minimum absolute atomic E-state index is 0.0106. The number of imidazole rings is 1. The number of hydrogen-bond donors (Lipinski definition) is 6. The van der Waals surface area contributed by atoms with Gasteiger partial charge in [0.15, 0.2) is 46.6 Å². The lowest BCUT2D eigenvalue weighted by Crippen LogP contribution is -2.35. The molecule has 3 unspecified atom stereocenters. The van der Waals surface area contributed by atoms with Crippen molar-refractivity contribution in [3.8, 4) is 0 Å². The molecular formula is C19H21FN10O10P2S2. The summed E-state index contributed by atoms with van der Waals surface area (Å²) < 4.78 is 72.2. The number of aliphatic hydroxyl groups excluding tert-OH is 1. The summed E-state index contributed by atoms with van der Waals surface area (Å²) in [7, 11) is -3.12. The van der Waals surface area contributed by atoms with Crippen LogP contribution in [0.3, 0.4) is 0 Å². The zero-order chi connectivity index (χ0) is 31.1. The zero-order valence-corrected chi connectivity index (χ0v) is 25.3. The third-order valence-electron chi connectivity index (χ3n) is 7.38. The fourth-order valence-electron chi connectivity index (χ4n) is 5.49. The number of hydrogen-bond acceptors (Lipinski definition) is 16. The number of H-pyrrole nitrogens is 2. The first kappa shape index (κ1) is 30.0. The third kappa shape index (κ3) is 4.73. The van der Waals surface area contributed by atoms with Gasteiger partial charge >= 0.3 is 6.80 Å². The van der Waals surface area contributed by atoms with Gasteiger partial charge in [0.05, 0.1) is 25.4 Å². The normalized spacial score (nSPS) is 33.5. The highest BCUT2D eigenvalue weighted by Crippen LogP contribution is 2.69. The lowest BCUT2D eigenvalue weighted by Gasteiger charge is -2.26. The summed E-state index contributed by atoms with van der Waals surface area (Å²) in [5, 5.41) is 17.2. The van der Waals surface area contributed by atoms with Gasteiger partial charge in [0, 0.05) is 6.42 Å². The summed E-state index contributed by atoms with van der Waals surface area (Å²) in [6, 6.07) is 0. The molecule has 0 aromatic carbocycles. The second kappa shape index (κ2) is 10.7. The molecule has 0 radical (unpaired) electrons. The predicted molar refractivity (Wildman–Crippen MR) is 151 cm³/mol. The maximum Gasteiger partial charge on any atom is 0.387 e.